The summed E-state index contributed by atoms with van der Waals surface area (Å²) in [5.41, 5.74) is 6.31. The van der Waals surface area contributed by atoms with Crippen LogP contribution in [-0.2, 0) is 11.2 Å². The van der Waals surface area contributed by atoms with E-state index in [9.17, 15) is 25.2 Å². The summed E-state index contributed by atoms with van der Waals surface area (Å²) in [5, 5.41) is 47.4. The Balaban J connectivity index is 1.24. The van der Waals surface area contributed by atoms with Gasteiger partial charge in [0.05, 0.1) is 23.7 Å². The maximum atomic E-state index is 12.2. The Kier molecular flexibility index (Phi) is 14.6. The van der Waals surface area contributed by atoms with Crippen LogP contribution in [-0.4, -0.2) is 61.3 Å². The van der Waals surface area contributed by atoms with Gasteiger partial charge in [-0.1, -0.05) is 70.4 Å². The number of aliphatic hydroxyl groups excluding tert-OH is 2. The molecule has 2 fully saturated rings. The van der Waals surface area contributed by atoms with Crippen LogP contribution in [0.1, 0.15) is 135 Å². The molecule has 1 aromatic heterocycles. The second kappa shape index (κ2) is 18.1. The van der Waals surface area contributed by atoms with E-state index < -0.39 is 23.6 Å². The van der Waals surface area contributed by atoms with E-state index in [0.717, 1.165) is 57.1 Å². The first-order valence-electron chi connectivity index (χ1n) is 18.9. The topological polar surface area (TPSA) is 149 Å². The molecule has 3 aliphatic rings. The van der Waals surface area contributed by atoms with E-state index >= 15 is 0 Å². The molecule has 0 aromatic carbocycles. The van der Waals surface area contributed by atoms with E-state index in [1.54, 1.807) is 6.20 Å². The second-order valence-electron chi connectivity index (χ2n) is 15.9. The molecule has 8 nitrogen and oxygen atoms in total. The van der Waals surface area contributed by atoms with Crippen molar-refractivity contribution < 1.29 is 25.2 Å². The van der Waals surface area contributed by atoms with Crippen LogP contribution in [0.25, 0.3) is 0 Å². The first kappa shape index (κ1) is 37.8. The molecule has 1 heterocycles. The molecule has 47 heavy (non-hydrogen) atoms. The number of nitrogens with zero attached hydrogens (tertiary/aromatic N) is 1. The fraction of sp³-hybridized carbons (Fsp3) is 0.795. The Morgan fingerprint density at radius 3 is 2.51 bits per heavy atom. The van der Waals surface area contributed by atoms with Gasteiger partial charge in [-0.2, -0.15) is 0 Å². The van der Waals surface area contributed by atoms with Gasteiger partial charge in [-0.15, -0.1) is 0 Å². The van der Waals surface area contributed by atoms with Crippen LogP contribution in [0.5, 0.6) is 0 Å². The van der Waals surface area contributed by atoms with E-state index in [1.165, 1.54) is 44.9 Å². The smallest absolute Gasteiger partial charge is 0.309 e. The quantitative estimate of drug-likeness (QED) is 0.0663. The maximum Gasteiger partial charge on any atom is 0.309 e. The average Bonchev–Trinajstić information content (AvgIpc) is 3.60. The number of anilines is 1. The van der Waals surface area contributed by atoms with Gasteiger partial charge in [0.1, 0.15) is 5.82 Å². The fourth-order valence-electron chi connectivity index (χ4n) is 8.88. The van der Waals surface area contributed by atoms with Gasteiger partial charge in [-0.3, -0.25) is 4.79 Å². The summed E-state index contributed by atoms with van der Waals surface area (Å²) in [6.07, 6.45) is 22.2. The number of aliphatic carboxylic acids is 1. The summed E-state index contributed by atoms with van der Waals surface area (Å²) in [7, 11) is 0. The number of aliphatic hydroxyl groups is 3. The van der Waals surface area contributed by atoms with E-state index in [-0.39, 0.29) is 35.8 Å². The molecule has 0 saturated heterocycles. The molecule has 3 aliphatic carbocycles. The van der Waals surface area contributed by atoms with Crippen molar-refractivity contribution in [3.8, 4) is 0 Å². The second-order valence-corrected chi connectivity index (χ2v) is 15.9. The number of carbonyl (C=O) groups is 1. The number of nitrogens with one attached hydrogen (secondary N) is 1. The highest BCUT2D eigenvalue weighted by atomic mass is 16.4. The highest BCUT2D eigenvalue weighted by Crippen LogP contribution is 2.44. The van der Waals surface area contributed by atoms with Gasteiger partial charge in [-0.05, 0) is 120 Å². The number of nitrogen functional groups attached to an aromatic ring is 1. The lowest BCUT2D eigenvalue weighted by molar-refractivity contribution is -0.146. The van der Waals surface area contributed by atoms with E-state index in [2.05, 4.69) is 36.3 Å². The molecule has 8 heteroatoms. The summed E-state index contributed by atoms with van der Waals surface area (Å²) in [6.45, 7) is 5.37. The molecule has 0 bridgehead atoms. The SMILES string of the molecule is CCCCCC1C=CC(CCCCCC(C(=O)O)C(O)CCC2(O)CC(CNC3(C)CCCC3)C(Cc3ccnc(N)c3)C2)C(O)C1. The van der Waals surface area contributed by atoms with Crippen LogP contribution in [0.2, 0.25) is 0 Å². The zero-order chi connectivity index (χ0) is 33.9. The van der Waals surface area contributed by atoms with Crippen molar-refractivity contribution in [1.29, 1.82) is 0 Å². The molecule has 7 N–H and O–H groups in total. The lowest BCUT2D eigenvalue weighted by Crippen LogP contribution is -2.43. The molecule has 1 aromatic rings. The van der Waals surface area contributed by atoms with Crippen LogP contribution >= 0.6 is 0 Å². The van der Waals surface area contributed by atoms with Gasteiger partial charge in [0.25, 0.3) is 0 Å². The predicted molar refractivity (Wildman–Crippen MR) is 189 cm³/mol. The van der Waals surface area contributed by atoms with Crippen molar-refractivity contribution in [3.63, 3.8) is 0 Å². The number of unbranched alkanes of at least 4 members (excludes halogenated alkanes) is 4. The van der Waals surface area contributed by atoms with Crippen LogP contribution in [0, 0.1) is 29.6 Å². The number of carboxylic acids is 1. The molecule has 0 aliphatic heterocycles. The van der Waals surface area contributed by atoms with Crippen molar-refractivity contribution in [2.75, 3.05) is 12.3 Å². The number of allylic oxidation sites excluding steroid dienone is 1. The summed E-state index contributed by atoms with van der Waals surface area (Å²) in [4.78, 5) is 16.3. The van der Waals surface area contributed by atoms with Gasteiger partial charge in [0, 0.05) is 17.7 Å². The standard InChI is InChI=1S/C39H65N3O5/c1-3-4-6-11-28-14-15-30(35(44)23-28)12-7-5-8-13-33(37(45)46)34(43)16-20-39(47)25-31(22-29-17-21-41-36(40)24-29)32(26-39)27-42-38(2)18-9-10-19-38/h14-15,17,21,24,28,30-35,42-44,47H,3-13,16,18-20,22-23,25-27H2,1-2H3,(H2,40,41)(H,45,46). The van der Waals surface area contributed by atoms with Crippen molar-refractivity contribution in [3.05, 3.63) is 36.0 Å². The Hall–Kier alpha value is -2.00. The Morgan fingerprint density at radius 1 is 1.06 bits per heavy atom. The van der Waals surface area contributed by atoms with Gasteiger partial charge < -0.3 is 31.5 Å². The van der Waals surface area contributed by atoms with Crippen molar-refractivity contribution in [1.82, 2.24) is 10.3 Å². The van der Waals surface area contributed by atoms with E-state index in [4.69, 9.17) is 5.73 Å². The normalized spacial score (nSPS) is 30.0. The van der Waals surface area contributed by atoms with E-state index in [0.29, 0.717) is 37.4 Å². The fourth-order valence-corrected chi connectivity index (χ4v) is 8.88. The minimum atomic E-state index is -0.989. The third-order valence-corrected chi connectivity index (χ3v) is 11.9. The molecular formula is C39H65N3O5. The number of aromatic nitrogens is 1. The van der Waals surface area contributed by atoms with E-state index in [1.807, 2.05) is 12.1 Å². The minimum Gasteiger partial charge on any atom is -0.481 e. The summed E-state index contributed by atoms with van der Waals surface area (Å²) >= 11 is 0. The number of rotatable bonds is 20. The molecule has 8 atom stereocenters. The van der Waals surface area contributed by atoms with Crippen LogP contribution in [0.15, 0.2) is 30.5 Å². The molecule has 4 rings (SSSR count). The average molecular weight is 656 g/mol. The lowest BCUT2D eigenvalue weighted by Gasteiger charge is -2.29. The Labute approximate surface area is 284 Å². The first-order chi connectivity index (χ1) is 22.5. The molecule has 266 valence electrons. The number of carboxylic acid groups (broad SMARTS) is 1. The van der Waals surface area contributed by atoms with Crippen molar-refractivity contribution in [2.45, 2.75) is 159 Å². The molecular weight excluding hydrogens is 590 g/mol. The summed E-state index contributed by atoms with van der Waals surface area (Å²) in [6, 6.07) is 3.91. The Morgan fingerprint density at radius 2 is 1.81 bits per heavy atom. The molecule has 8 unspecified atom stereocenters. The van der Waals surface area contributed by atoms with Crippen molar-refractivity contribution >= 4 is 11.8 Å². The number of pyridine rings is 1. The highest BCUT2D eigenvalue weighted by Gasteiger charge is 2.45. The molecule has 0 amide bonds. The monoisotopic (exact) mass is 655 g/mol. The van der Waals surface area contributed by atoms with Crippen LogP contribution in [0.4, 0.5) is 5.82 Å². The summed E-state index contributed by atoms with van der Waals surface area (Å²) < 4.78 is 0. The number of hydrogen-bond donors (Lipinski definition) is 6. The third-order valence-electron chi connectivity index (χ3n) is 11.9. The number of hydrogen-bond acceptors (Lipinski definition) is 7. The zero-order valence-electron chi connectivity index (χ0n) is 29.3. The summed E-state index contributed by atoms with van der Waals surface area (Å²) in [5.74, 6) is -0.0795. The van der Waals surface area contributed by atoms with Crippen LogP contribution in [0.3, 0.4) is 0 Å². The number of nitrogens with two attached hydrogens (primary N) is 1. The molecule has 2 saturated carbocycles. The Bertz CT molecular complexity index is 1120. The van der Waals surface area contributed by atoms with Gasteiger partial charge in [-0.25, -0.2) is 4.98 Å². The lowest BCUT2D eigenvalue weighted by atomic mass is 9.81. The largest absolute Gasteiger partial charge is 0.481 e. The van der Waals surface area contributed by atoms with Gasteiger partial charge in [0.15, 0.2) is 0 Å². The van der Waals surface area contributed by atoms with Gasteiger partial charge >= 0.3 is 5.97 Å². The molecule has 0 radical (unpaired) electrons. The van der Waals surface area contributed by atoms with Crippen LogP contribution < -0.4 is 11.1 Å². The van der Waals surface area contributed by atoms with Gasteiger partial charge in [0.2, 0.25) is 0 Å². The molecule has 0 spiro atoms. The highest BCUT2D eigenvalue weighted by molar-refractivity contribution is 5.70. The third kappa shape index (κ3) is 11.8. The zero-order valence-corrected chi connectivity index (χ0v) is 29.3. The maximum absolute atomic E-state index is 12.2. The predicted octanol–water partition coefficient (Wildman–Crippen LogP) is 6.81. The minimum absolute atomic E-state index is 0.154. The first-order valence-corrected chi connectivity index (χ1v) is 18.9. The van der Waals surface area contributed by atoms with Crippen molar-refractivity contribution in [2.24, 2.45) is 29.6 Å².